The highest BCUT2D eigenvalue weighted by Gasteiger charge is 2.27. The van der Waals surface area contributed by atoms with Crippen molar-refractivity contribution >= 4 is 41.2 Å². The third kappa shape index (κ3) is 12.2. The molecule has 0 saturated carbocycles. The van der Waals surface area contributed by atoms with Crippen molar-refractivity contribution in [3.8, 4) is 0 Å². The monoisotopic (exact) mass is 759 g/mol. The van der Waals surface area contributed by atoms with Crippen LogP contribution in [-0.4, -0.2) is 60.4 Å². The maximum atomic E-state index is 12.7. The summed E-state index contributed by atoms with van der Waals surface area (Å²) < 4.78 is 15.2. The summed E-state index contributed by atoms with van der Waals surface area (Å²) in [6.07, 6.45) is 4.71. The minimum atomic E-state index is -1.08. The minimum Gasteiger partial charge on any atom is -0.480 e. The Bertz CT molecular complexity index is 2050. The Morgan fingerprint density at radius 2 is 1.05 bits per heavy atom. The largest absolute Gasteiger partial charge is 0.480 e. The molecular formula is C44H45N3O9. The van der Waals surface area contributed by atoms with Gasteiger partial charge >= 0.3 is 24.1 Å². The van der Waals surface area contributed by atoms with Crippen LogP contribution < -0.4 is 16.0 Å². The van der Waals surface area contributed by atoms with Crippen LogP contribution in [0.4, 0.5) is 9.59 Å². The molecule has 3 amide bonds. The van der Waals surface area contributed by atoms with Gasteiger partial charge in [-0.1, -0.05) is 121 Å². The van der Waals surface area contributed by atoms with Gasteiger partial charge < -0.3 is 35.3 Å². The third-order valence-corrected chi connectivity index (χ3v) is 9.05. The molecule has 12 heteroatoms. The molecule has 56 heavy (non-hydrogen) atoms. The Labute approximate surface area is 325 Å². The summed E-state index contributed by atoms with van der Waals surface area (Å²) in [5.41, 5.74) is 8.05. The van der Waals surface area contributed by atoms with Crippen LogP contribution >= 0.6 is 0 Å². The van der Waals surface area contributed by atoms with Gasteiger partial charge in [-0.25, -0.2) is 14.4 Å². The normalized spacial score (nSPS) is 13.2. The second kappa shape index (κ2) is 20.7. The maximum absolute atomic E-state index is 12.7. The number of hydrogen-bond donors (Lipinski definition) is 4. The standard InChI is InChI=1S/C24H26N2O5.C20H19NO4/c1-2-30-22(27)15-25-23(28)21(14-19-13-12-18-10-6-7-11-20(18)19)26-24(29)31-16-17-8-4-3-5-9-17;22-19(23)18(12-16-11-10-15-8-4-5-9-17(15)16)21-20(24)25-13-14-6-2-1-3-7-14/h3-11,13,21H,2,12,14-16H2,1H3,(H,25,28)(H,26,29);1-9,11,18H,10,12-13H2,(H,21,24)(H,22,23)/t21-;18-/m00/s1. The molecule has 0 unspecified atom stereocenters. The smallest absolute Gasteiger partial charge is 0.408 e. The lowest BCUT2D eigenvalue weighted by molar-refractivity contribution is -0.143. The summed E-state index contributed by atoms with van der Waals surface area (Å²) in [7, 11) is 0. The lowest BCUT2D eigenvalue weighted by Gasteiger charge is -2.19. The molecule has 2 aliphatic rings. The quantitative estimate of drug-likeness (QED) is 0.0793. The van der Waals surface area contributed by atoms with E-state index in [0.717, 1.165) is 46.2 Å². The molecule has 4 N–H and O–H groups in total. The number of ether oxygens (including phenoxy) is 3. The van der Waals surface area contributed by atoms with E-state index in [1.807, 2.05) is 121 Å². The zero-order valence-electron chi connectivity index (χ0n) is 31.1. The highest BCUT2D eigenvalue weighted by Crippen LogP contribution is 2.31. The number of carboxylic acids is 1. The van der Waals surface area contributed by atoms with Gasteiger partial charge in [0.15, 0.2) is 0 Å². The zero-order valence-corrected chi connectivity index (χ0v) is 31.1. The van der Waals surface area contributed by atoms with E-state index >= 15 is 0 Å². The maximum Gasteiger partial charge on any atom is 0.408 e. The second-order valence-electron chi connectivity index (χ2n) is 13.0. The van der Waals surface area contributed by atoms with E-state index in [4.69, 9.17) is 14.2 Å². The number of fused-ring (bicyclic) bond motifs is 2. The highest BCUT2D eigenvalue weighted by molar-refractivity contribution is 5.90. The molecule has 0 aromatic heterocycles. The fraction of sp³-hybridized carbons (Fsp3) is 0.250. The van der Waals surface area contributed by atoms with Gasteiger partial charge in [0.2, 0.25) is 5.91 Å². The van der Waals surface area contributed by atoms with Crippen LogP contribution in [0, 0.1) is 0 Å². The van der Waals surface area contributed by atoms with Crippen molar-refractivity contribution in [1.29, 1.82) is 0 Å². The molecule has 0 heterocycles. The molecule has 0 radical (unpaired) electrons. The van der Waals surface area contributed by atoms with Gasteiger partial charge in [0.1, 0.15) is 31.8 Å². The number of rotatable bonds is 15. The van der Waals surface area contributed by atoms with Crippen molar-refractivity contribution in [2.45, 2.75) is 57.9 Å². The molecule has 6 rings (SSSR count). The Kier molecular flexibility index (Phi) is 15.0. The molecule has 290 valence electrons. The number of esters is 1. The molecule has 0 saturated heterocycles. The molecule has 0 fully saturated rings. The van der Waals surface area contributed by atoms with E-state index in [9.17, 15) is 29.1 Å². The summed E-state index contributed by atoms with van der Waals surface area (Å²) >= 11 is 0. The third-order valence-electron chi connectivity index (χ3n) is 9.05. The van der Waals surface area contributed by atoms with E-state index in [1.54, 1.807) is 6.92 Å². The summed E-state index contributed by atoms with van der Waals surface area (Å²) in [6.45, 7) is 1.85. The number of nitrogens with one attached hydrogen (secondary N) is 3. The van der Waals surface area contributed by atoms with Gasteiger partial charge in [0, 0.05) is 12.8 Å². The number of carboxylic acid groups (broad SMARTS) is 1. The molecule has 0 aliphatic heterocycles. The Morgan fingerprint density at radius 3 is 1.54 bits per heavy atom. The van der Waals surface area contributed by atoms with Crippen molar-refractivity contribution in [3.63, 3.8) is 0 Å². The summed E-state index contributed by atoms with van der Waals surface area (Å²) in [5.74, 6) is -2.09. The molecule has 2 aliphatic carbocycles. The van der Waals surface area contributed by atoms with Gasteiger partial charge in [-0.3, -0.25) is 9.59 Å². The van der Waals surface area contributed by atoms with Crippen LogP contribution in [0.15, 0.2) is 121 Å². The number of amides is 3. The first kappa shape index (κ1) is 40.5. The van der Waals surface area contributed by atoms with Crippen LogP contribution in [-0.2, 0) is 54.6 Å². The predicted molar refractivity (Wildman–Crippen MR) is 210 cm³/mol. The minimum absolute atomic E-state index is 0.0926. The van der Waals surface area contributed by atoms with Crippen molar-refractivity contribution in [2.75, 3.05) is 13.2 Å². The van der Waals surface area contributed by atoms with Crippen LogP contribution in [0.3, 0.4) is 0 Å². The number of carbonyl (C=O) groups excluding carboxylic acids is 4. The van der Waals surface area contributed by atoms with Gasteiger partial charge in [-0.15, -0.1) is 0 Å². The molecule has 2 atom stereocenters. The topological polar surface area (TPSA) is 169 Å². The van der Waals surface area contributed by atoms with E-state index in [0.29, 0.717) is 0 Å². The Balaban J connectivity index is 0.000000219. The number of benzene rings is 4. The molecule has 0 bridgehead atoms. The van der Waals surface area contributed by atoms with Crippen LogP contribution in [0.1, 0.15) is 53.1 Å². The lowest BCUT2D eigenvalue weighted by Crippen LogP contribution is -2.48. The molecular weight excluding hydrogens is 714 g/mol. The van der Waals surface area contributed by atoms with E-state index in [2.05, 4.69) is 16.0 Å². The first-order chi connectivity index (χ1) is 27.2. The van der Waals surface area contributed by atoms with Crippen molar-refractivity contribution in [2.24, 2.45) is 0 Å². The molecule has 12 nitrogen and oxygen atoms in total. The van der Waals surface area contributed by atoms with Crippen LogP contribution in [0.25, 0.3) is 11.1 Å². The van der Waals surface area contributed by atoms with Gasteiger partial charge in [0.05, 0.1) is 6.61 Å². The van der Waals surface area contributed by atoms with E-state index in [1.165, 1.54) is 11.1 Å². The number of aliphatic carboxylic acids is 1. The Morgan fingerprint density at radius 1 is 0.607 bits per heavy atom. The number of allylic oxidation sites excluding steroid dienone is 2. The van der Waals surface area contributed by atoms with Crippen molar-refractivity contribution < 1.29 is 43.3 Å². The molecule has 4 aromatic carbocycles. The average Bonchev–Trinajstić information content (AvgIpc) is 3.83. The van der Waals surface area contributed by atoms with Crippen molar-refractivity contribution in [3.05, 3.63) is 155 Å². The SMILES string of the molecule is CCOC(=O)CNC(=O)[C@H](CC1=CCc2ccccc21)NC(=O)OCc1ccccc1.O=C(N[C@@H](CC1=CCc2ccccc21)C(=O)O)OCc1ccccc1. The fourth-order valence-corrected chi connectivity index (χ4v) is 6.25. The Hall–Kier alpha value is -6.69. The lowest BCUT2D eigenvalue weighted by atomic mass is 9.99. The first-order valence-corrected chi connectivity index (χ1v) is 18.3. The van der Waals surface area contributed by atoms with Gasteiger partial charge in [-0.05, 0) is 64.3 Å². The van der Waals surface area contributed by atoms with E-state index in [-0.39, 0.29) is 39.2 Å². The van der Waals surface area contributed by atoms with E-state index < -0.39 is 42.1 Å². The predicted octanol–water partition coefficient (Wildman–Crippen LogP) is 6.39. The van der Waals surface area contributed by atoms with Gasteiger partial charge in [0.25, 0.3) is 0 Å². The molecule has 0 spiro atoms. The second-order valence-corrected chi connectivity index (χ2v) is 13.0. The average molecular weight is 760 g/mol. The first-order valence-electron chi connectivity index (χ1n) is 18.3. The summed E-state index contributed by atoms with van der Waals surface area (Å²) in [4.78, 5) is 60.2. The summed E-state index contributed by atoms with van der Waals surface area (Å²) in [6, 6.07) is 32.4. The van der Waals surface area contributed by atoms with Crippen molar-refractivity contribution in [1.82, 2.24) is 16.0 Å². The van der Waals surface area contributed by atoms with Gasteiger partial charge in [-0.2, -0.15) is 0 Å². The number of alkyl carbamates (subject to hydrolysis) is 2. The van der Waals surface area contributed by atoms with Crippen LogP contribution in [0.5, 0.6) is 0 Å². The van der Waals surface area contributed by atoms with Crippen LogP contribution in [0.2, 0.25) is 0 Å². The summed E-state index contributed by atoms with van der Waals surface area (Å²) in [5, 5.41) is 17.0. The molecule has 4 aromatic rings. The zero-order chi connectivity index (χ0) is 39.7. The fourth-order valence-electron chi connectivity index (χ4n) is 6.25. The highest BCUT2D eigenvalue weighted by atomic mass is 16.6. The number of carbonyl (C=O) groups is 5. The number of hydrogen-bond acceptors (Lipinski definition) is 8.